The summed E-state index contributed by atoms with van der Waals surface area (Å²) in [4.78, 5) is 13.9. The third-order valence-electron chi connectivity index (χ3n) is 0.287. The molecule has 42 valence electrons. The van der Waals surface area contributed by atoms with Crippen LogP contribution >= 0.6 is 23.0 Å². The first-order chi connectivity index (χ1) is 3.31. The summed E-state index contributed by atoms with van der Waals surface area (Å²) in [5.41, 5.74) is 0. The van der Waals surface area contributed by atoms with Crippen molar-refractivity contribution in [3.05, 3.63) is 0 Å². The van der Waals surface area contributed by atoms with Crippen LogP contribution in [0.1, 0.15) is 0 Å². The van der Waals surface area contributed by atoms with Gasteiger partial charge < -0.3 is 3.07 Å². The third-order valence-corrected chi connectivity index (χ3v) is 0.778. The van der Waals surface area contributed by atoms with Crippen molar-refractivity contribution in [3.63, 3.8) is 0 Å². The maximum absolute atomic E-state index is 9.98. The van der Waals surface area contributed by atoms with Crippen LogP contribution in [0.3, 0.4) is 0 Å². The van der Waals surface area contributed by atoms with E-state index in [4.69, 9.17) is 0 Å². The van der Waals surface area contributed by atoms with Gasteiger partial charge in [-0.1, -0.05) is 0 Å². The number of hydrogen-bond donors (Lipinski definition) is 1. The van der Waals surface area contributed by atoms with Crippen LogP contribution in [0.25, 0.3) is 0 Å². The highest BCUT2D eigenvalue weighted by Gasteiger charge is 1.95. The minimum atomic E-state index is -0.483. The Labute approximate surface area is 54.6 Å². The molecule has 0 aromatic heterocycles. The Balaban J connectivity index is 3.00. The number of carbonyl (C=O) groups is 1. The van der Waals surface area contributed by atoms with E-state index in [1.54, 1.807) is 0 Å². The molecule has 4 nitrogen and oxygen atoms in total. The van der Waals surface area contributed by atoms with Crippen molar-refractivity contribution in [3.8, 4) is 0 Å². The second kappa shape index (κ2) is 4.28. The van der Waals surface area contributed by atoms with E-state index in [1.807, 2.05) is 0 Å². The molecule has 0 rings (SSSR count). The fourth-order valence-corrected chi connectivity index (χ4v) is 0.217. The molecule has 2 N–H and O–H groups in total. The summed E-state index contributed by atoms with van der Waals surface area (Å²) in [6.07, 6.45) is 0. The fraction of sp³-hybridized carbons (Fsp3) is 0.500. The van der Waals surface area contributed by atoms with Gasteiger partial charge in [0.1, 0.15) is 0 Å². The number of carbonyl (C=O) groups excluding carboxylic acids is 1. The van der Waals surface area contributed by atoms with Gasteiger partial charge in [0.25, 0.3) is 0 Å². The average Bonchev–Trinajstić information content (AvgIpc) is 1.68. The number of rotatable bonds is 2. The molecule has 0 radical (unpaired) electrons. The SMILES string of the molecule is NOCC(=O)OI. The molecule has 0 amide bonds. The summed E-state index contributed by atoms with van der Waals surface area (Å²) in [6, 6.07) is 0. The average molecular weight is 217 g/mol. The highest BCUT2D eigenvalue weighted by atomic mass is 127. The summed E-state index contributed by atoms with van der Waals surface area (Å²) in [6.45, 7) is -0.192. The molecule has 0 fully saturated rings. The van der Waals surface area contributed by atoms with Crippen LogP contribution in [0, 0.1) is 0 Å². The summed E-state index contributed by atoms with van der Waals surface area (Å²) < 4.78 is 4.12. The molecule has 0 aliphatic carbocycles. The minimum Gasteiger partial charge on any atom is -0.393 e. The van der Waals surface area contributed by atoms with E-state index in [2.05, 4.69) is 13.8 Å². The van der Waals surface area contributed by atoms with Crippen LogP contribution in [0.4, 0.5) is 0 Å². The first-order valence-electron chi connectivity index (χ1n) is 1.44. The van der Waals surface area contributed by atoms with Crippen molar-refractivity contribution in [2.45, 2.75) is 0 Å². The van der Waals surface area contributed by atoms with Crippen molar-refractivity contribution >= 4 is 29.0 Å². The first-order valence-corrected chi connectivity index (χ1v) is 2.32. The zero-order valence-corrected chi connectivity index (χ0v) is 5.54. The third kappa shape index (κ3) is 3.96. The van der Waals surface area contributed by atoms with Crippen LogP contribution in [0.15, 0.2) is 0 Å². The van der Waals surface area contributed by atoms with Crippen LogP contribution < -0.4 is 5.90 Å². The van der Waals surface area contributed by atoms with Gasteiger partial charge in [0, 0.05) is 0 Å². The Bertz CT molecular complexity index is 66.0. The molecule has 0 atom stereocenters. The van der Waals surface area contributed by atoms with Gasteiger partial charge >= 0.3 is 5.97 Å². The molecule has 0 aromatic carbocycles. The molecule has 0 spiro atoms. The minimum absolute atomic E-state index is 0.192. The Morgan fingerprint density at radius 3 is 2.57 bits per heavy atom. The van der Waals surface area contributed by atoms with Gasteiger partial charge in [-0.15, -0.1) is 0 Å². The summed E-state index contributed by atoms with van der Waals surface area (Å²) in [7, 11) is 0. The monoisotopic (exact) mass is 217 g/mol. The maximum Gasteiger partial charge on any atom is 0.343 e. The van der Waals surface area contributed by atoms with E-state index < -0.39 is 5.97 Å². The Kier molecular flexibility index (Phi) is 4.36. The molecule has 5 heteroatoms. The first kappa shape index (κ1) is 7.12. The van der Waals surface area contributed by atoms with E-state index in [0.29, 0.717) is 0 Å². The lowest BCUT2D eigenvalue weighted by molar-refractivity contribution is -0.136. The Morgan fingerprint density at radius 2 is 2.43 bits per heavy atom. The van der Waals surface area contributed by atoms with E-state index in [1.165, 1.54) is 23.0 Å². The zero-order valence-electron chi connectivity index (χ0n) is 3.39. The van der Waals surface area contributed by atoms with E-state index in [0.717, 1.165) is 0 Å². The molecule has 0 saturated carbocycles. The lowest BCUT2D eigenvalue weighted by atomic mass is 10.8. The molecule has 7 heavy (non-hydrogen) atoms. The van der Waals surface area contributed by atoms with Gasteiger partial charge in [0.2, 0.25) is 0 Å². The van der Waals surface area contributed by atoms with Crippen LogP contribution in [-0.4, -0.2) is 12.6 Å². The predicted molar refractivity (Wildman–Crippen MR) is 30.3 cm³/mol. The molecule has 0 heterocycles. The van der Waals surface area contributed by atoms with Crippen molar-refractivity contribution in [2.75, 3.05) is 6.61 Å². The largest absolute Gasteiger partial charge is 0.393 e. The van der Waals surface area contributed by atoms with E-state index in [-0.39, 0.29) is 6.61 Å². The van der Waals surface area contributed by atoms with Gasteiger partial charge in [-0.25, -0.2) is 10.7 Å². The molecule has 0 aliphatic rings. The zero-order chi connectivity index (χ0) is 5.70. The van der Waals surface area contributed by atoms with Crippen molar-refractivity contribution in [1.29, 1.82) is 0 Å². The molecular formula is C2H4INO3. The lowest BCUT2D eigenvalue weighted by Crippen LogP contribution is -2.11. The van der Waals surface area contributed by atoms with Crippen molar-refractivity contribution in [2.24, 2.45) is 5.90 Å². The summed E-state index contributed by atoms with van der Waals surface area (Å²) in [5.74, 6) is 4.02. The summed E-state index contributed by atoms with van der Waals surface area (Å²) >= 11 is 1.45. The fourth-order valence-electron chi connectivity index (χ4n) is 0.0903. The highest BCUT2D eigenvalue weighted by Crippen LogP contribution is 1.84. The van der Waals surface area contributed by atoms with Crippen molar-refractivity contribution in [1.82, 2.24) is 0 Å². The molecule has 0 unspecified atom stereocenters. The van der Waals surface area contributed by atoms with Gasteiger partial charge in [-0.05, 0) is 0 Å². The standard InChI is InChI=1S/C2H4INO3/c3-7-2(5)1-6-4/h1,4H2. The van der Waals surface area contributed by atoms with Gasteiger partial charge in [-0.2, -0.15) is 0 Å². The summed E-state index contributed by atoms with van der Waals surface area (Å²) in [5, 5.41) is 0. The Morgan fingerprint density at radius 1 is 1.86 bits per heavy atom. The number of hydrogen-bond acceptors (Lipinski definition) is 4. The predicted octanol–water partition coefficient (Wildman–Crippen LogP) is -0.230. The van der Waals surface area contributed by atoms with Gasteiger partial charge in [0.05, 0.1) is 0 Å². The topological polar surface area (TPSA) is 61.5 Å². The van der Waals surface area contributed by atoms with Crippen LogP contribution in [0.2, 0.25) is 0 Å². The quantitative estimate of drug-likeness (QED) is 0.512. The molecule has 0 bridgehead atoms. The number of nitrogens with two attached hydrogens (primary N) is 1. The van der Waals surface area contributed by atoms with E-state index in [9.17, 15) is 4.79 Å². The van der Waals surface area contributed by atoms with E-state index >= 15 is 0 Å². The number of halogens is 1. The highest BCUT2D eigenvalue weighted by molar-refractivity contribution is 14.1. The molecule has 0 saturated heterocycles. The smallest absolute Gasteiger partial charge is 0.343 e. The van der Waals surface area contributed by atoms with Gasteiger partial charge in [-0.3, -0.25) is 4.84 Å². The normalized spacial score (nSPS) is 8.29. The maximum atomic E-state index is 9.98. The molecular weight excluding hydrogens is 213 g/mol. The van der Waals surface area contributed by atoms with Crippen LogP contribution in [-0.2, 0) is 12.7 Å². The lowest BCUT2D eigenvalue weighted by Gasteiger charge is -1.89. The Hall–Kier alpha value is 0.120. The van der Waals surface area contributed by atoms with Crippen molar-refractivity contribution < 1.29 is 12.7 Å². The van der Waals surface area contributed by atoms with Gasteiger partial charge in [0.15, 0.2) is 29.6 Å². The van der Waals surface area contributed by atoms with Crippen LogP contribution in [0.5, 0.6) is 0 Å². The second-order valence-corrected chi connectivity index (χ2v) is 1.20. The second-order valence-electron chi connectivity index (χ2n) is 0.760. The molecule has 0 aliphatic heterocycles. The molecule has 0 aromatic rings.